The van der Waals surface area contributed by atoms with Crippen molar-refractivity contribution in [2.75, 3.05) is 26.3 Å². The lowest BCUT2D eigenvalue weighted by molar-refractivity contribution is 0.00578. The third-order valence-electron chi connectivity index (χ3n) is 5.42. The van der Waals surface area contributed by atoms with Crippen LogP contribution in [0.4, 0.5) is 0 Å². The van der Waals surface area contributed by atoms with Crippen molar-refractivity contribution in [2.24, 2.45) is 0 Å². The Morgan fingerprint density at radius 3 is 2.26 bits per heavy atom. The molecule has 0 aromatic heterocycles. The van der Waals surface area contributed by atoms with Gasteiger partial charge in [-0.25, -0.2) is 0 Å². The first-order valence-electron chi connectivity index (χ1n) is 9.64. The van der Waals surface area contributed by atoms with Gasteiger partial charge in [-0.05, 0) is 59.1 Å². The number of hydrogen-bond donors (Lipinski definition) is 0. The number of rotatable bonds is 4. The van der Waals surface area contributed by atoms with Crippen molar-refractivity contribution in [2.45, 2.75) is 58.8 Å². The molecule has 2 aliphatic heterocycles. The molecule has 1 amide bonds. The van der Waals surface area contributed by atoms with E-state index in [9.17, 15) is 4.79 Å². The van der Waals surface area contributed by atoms with Gasteiger partial charge in [0.1, 0.15) is 5.75 Å². The molecule has 2 heterocycles. The lowest BCUT2D eigenvalue weighted by Crippen LogP contribution is -2.41. The van der Waals surface area contributed by atoms with Gasteiger partial charge in [-0.3, -0.25) is 4.79 Å². The van der Waals surface area contributed by atoms with Gasteiger partial charge in [-0.2, -0.15) is 0 Å². The lowest BCUT2D eigenvalue weighted by atomic mass is 9.78. The van der Waals surface area contributed by atoms with E-state index in [-0.39, 0.29) is 12.0 Å². The number of morpholine rings is 1. The summed E-state index contributed by atoms with van der Waals surface area (Å²) in [5.41, 5.74) is 0.576. The molecule has 0 N–H and O–H groups in total. The third kappa shape index (κ3) is 4.15. The van der Waals surface area contributed by atoms with Crippen LogP contribution in [0.15, 0.2) is 18.2 Å². The molecule has 0 unspecified atom stereocenters. The predicted octanol–water partition coefficient (Wildman–Crippen LogP) is 2.25. The summed E-state index contributed by atoms with van der Waals surface area (Å²) in [6.45, 7) is 14.3. The number of carbonyl (C=O) groups is 1. The van der Waals surface area contributed by atoms with Crippen molar-refractivity contribution in [3.8, 4) is 5.75 Å². The predicted molar refractivity (Wildman–Crippen MR) is 105 cm³/mol. The van der Waals surface area contributed by atoms with E-state index in [1.807, 2.05) is 59.7 Å². The molecule has 6 nitrogen and oxygen atoms in total. The monoisotopic (exact) mass is 375 g/mol. The van der Waals surface area contributed by atoms with E-state index < -0.39 is 18.3 Å². The molecule has 0 bridgehead atoms. The van der Waals surface area contributed by atoms with Crippen LogP contribution in [0.3, 0.4) is 0 Å². The van der Waals surface area contributed by atoms with E-state index in [4.69, 9.17) is 18.8 Å². The Balaban J connectivity index is 1.89. The van der Waals surface area contributed by atoms with E-state index in [1.165, 1.54) is 0 Å². The smallest absolute Gasteiger partial charge is 0.490 e. The highest BCUT2D eigenvalue weighted by molar-refractivity contribution is 6.62. The second kappa shape index (κ2) is 7.45. The first kappa shape index (κ1) is 20.2. The van der Waals surface area contributed by atoms with Crippen molar-refractivity contribution in [3.63, 3.8) is 0 Å². The first-order chi connectivity index (χ1) is 12.6. The maximum atomic E-state index is 13.0. The number of carbonyl (C=O) groups excluding carboxylic acids is 1. The summed E-state index contributed by atoms with van der Waals surface area (Å²) >= 11 is 0. The maximum Gasteiger partial charge on any atom is 0.494 e. The topological polar surface area (TPSA) is 57.2 Å². The van der Waals surface area contributed by atoms with Gasteiger partial charge in [-0.15, -0.1) is 0 Å². The molecule has 1 aromatic carbocycles. The van der Waals surface area contributed by atoms with Gasteiger partial charge in [0.2, 0.25) is 0 Å². The van der Waals surface area contributed by atoms with Gasteiger partial charge < -0.3 is 23.7 Å². The Hall–Kier alpha value is -1.57. The van der Waals surface area contributed by atoms with Crippen molar-refractivity contribution < 1.29 is 23.6 Å². The number of nitrogens with zero attached hydrogens (tertiary/aromatic N) is 1. The van der Waals surface area contributed by atoms with Crippen molar-refractivity contribution in [3.05, 3.63) is 23.8 Å². The molecule has 27 heavy (non-hydrogen) atoms. The molecule has 0 aliphatic carbocycles. The van der Waals surface area contributed by atoms with E-state index in [2.05, 4.69) is 0 Å². The molecule has 2 aliphatic rings. The van der Waals surface area contributed by atoms with Crippen molar-refractivity contribution in [1.29, 1.82) is 0 Å². The zero-order chi connectivity index (χ0) is 19.8. The van der Waals surface area contributed by atoms with Crippen LogP contribution in [0.25, 0.3) is 0 Å². The van der Waals surface area contributed by atoms with E-state index in [1.54, 1.807) is 4.90 Å². The molecule has 148 valence electrons. The van der Waals surface area contributed by atoms with Crippen molar-refractivity contribution >= 4 is 18.5 Å². The maximum absolute atomic E-state index is 13.0. The molecular weight excluding hydrogens is 345 g/mol. The SMILES string of the molecule is CC(C)Oc1cc(B2OC(C)(C)C(C)(C)O2)ccc1C(=O)N1CCOCC1. The number of benzene rings is 1. The summed E-state index contributed by atoms with van der Waals surface area (Å²) in [6.07, 6.45) is -0.0465. The van der Waals surface area contributed by atoms with Crippen molar-refractivity contribution in [1.82, 2.24) is 4.90 Å². The highest BCUT2D eigenvalue weighted by atomic mass is 16.7. The normalized spacial score (nSPS) is 21.6. The van der Waals surface area contributed by atoms with E-state index >= 15 is 0 Å². The lowest BCUT2D eigenvalue weighted by Gasteiger charge is -2.32. The largest absolute Gasteiger partial charge is 0.494 e. The molecule has 0 saturated carbocycles. The van der Waals surface area contributed by atoms with Gasteiger partial charge in [0.05, 0.1) is 36.1 Å². The van der Waals surface area contributed by atoms with Crippen LogP contribution < -0.4 is 10.2 Å². The number of hydrogen-bond acceptors (Lipinski definition) is 5. The van der Waals surface area contributed by atoms with Gasteiger partial charge in [0.15, 0.2) is 0 Å². The fourth-order valence-electron chi connectivity index (χ4n) is 3.13. The van der Waals surface area contributed by atoms with Crippen LogP contribution in [0.2, 0.25) is 0 Å². The zero-order valence-corrected chi connectivity index (χ0v) is 17.2. The summed E-state index contributed by atoms with van der Waals surface area (Å²) in [6, 6.07) is 5.58. The molecule has 0 spiro atoms. The summed E-state index contributed by atoms with van der Waals surface area (Å²) in [5, 5.41) is 0. The Bertz CT molecular complexity index is 682. The molecular formula is C20H30BNO5. The number of amides is 1. The molecule has 2 fully saturated rings. The average Bonchev–Trinajstić information content (AvgIpc) is 2.82. The Morgan fingerprint density at radius 2 is 1.70 bits per heavy atom. The van der Waals surface area contributed by atoms with Crippen LogP contribution in [-0.2, 0) is 14.0 Å². The molecule has 0 atom stereocenters. The molecule has 1 aromatic rings. The zero-order valence-electron chi connectivity index (χ0n) is 17.2. The minimum absolute atomic E-state index is 0.0329. The minimum atomic E-state index is -0.489. The fourth-order valence-corrected chi connectivity index (χ4v) is 3.13. The second-order valence-electron chi connectivity index (χ2n) is 8.42. The standard InChI is InChI=1S/C20H30BNO5/c1-14(2)25-17-13-15(21-26-19(3,4)20(5,6)27-21)7-8-16(17)18(23)22-9-11-24-12-10-22/h7-8,13-14H,9-12H2,1-6H3. The van der Waals surface area contributed by atoms with E-state index in [0.717, 1.165) is 5.46 Å². The van der Waals surface area contributed by atoms with Crippen LogP contribution in [0, 0.1) is 0 Å². The molecule has 0 radical (unpaired) electrons. The Morgan fingerprint density at radius 1 is 1.11 bits per heavy atom. The molecule has 2 saturated heterocycles. The average molecular weight is 375 g/mol. The molecule has 3 rings (SSSR count). The summed E-state index contributed by atoms with van der Waals surface area (Å²) < 4.78 is 23.6. The highest BCUT2D eigenvalue weighted by Crippen LogP contribution is 2.37. The van der Waals surface area contributed by atoms with Crippen LogP contribution in [0.5, 0.6) is 5.75 Å². The quantitative estimate of drug-likeness (QED) is 0.756. The van der Waals surface area contributed by atoms with Gasteiger partial charge in [-0.1, -0.05) is 6.07 Å². The van der Waals surface area contributed by atoms with E-state index in [0.29, 0.717) is 37.6 Å². The number of ether oxygens (including phenoxy) is 2. The van der Waals surface area contributed by atoms with Crippen LogP contribution >= 0.6 is 0 Å². The molecule has 7 heteroatoms. The highest BCUT2D eigenvalue weighted by Gasteiger charge is 2.51. The third-order valence-corrected chi connectivity index (χ3v) is 5.42. The minimum Gasteiger partial charge on any atom is -0.490 e. The Kier molecular flexibility index (Phi) is 5.57. The summed E-state index contributed by atoms with van der Waals surface area (Å²) in [4.78, 5) is 14.8. The first-order valence-corrected chi connectivity index (χ1v) is 9.64. The Labute approximate surface area is 162 Å². The van der Waals surface area contributed by atoms with Gasteiger partial charge in [0.25, 0.3) is 5.91 Å². The summed E-state index contributed by atoms with van der Waals surface area (Å²) in [7, 11) is -0.489. The van der Waals surface area contributed by atoms with Gasteiger partial charge >= 0.3 is 7.12 Å². The fraction of sp³-hybridized carbons (Fsp3) is 0.650. The van der Waals surface area contributed by atoms with Crippen LogP contribution in [0.1, 0.15) is 51.9 Å². The summed E-state index contributed by atoms with van der Waals surface area (Å²) in [5.74, 6) is 0.531. The van der Waals surface area contributed by atoms with Gasteiger partial charge in [0, 0.05) is 13.1 Å². The van der Waals surface area contributed by atoms with Crippen LogP contribution in [-0.4, -0.2) is 61.5 Å². The second-order valence-corrected chi connectivity index (χ2v) is 8.42.